The molecule has 1 unspecified atom stereocenters. The number of imidazole rings is 1. The van der Waals surface area contributed by atoms with Gasteiger partial charge in [-0.15, -0.1) is 0 Å². The number of nitrogens with zero attached hydrogens (tertiary/aromatic N) is 3. The van der Waals surface area contributed by atoms with Gasteiger partial charge in [-0.2, -0.15) is 0 Å². The van der Waals surface area contributed by atoms with Crippen molar-refractivity contribution in [2.24, 2.45) is 7.05 Å². The minimum Gasteiger partial charge on any atom is -0.497 e. The molecule has 3 aromatic rings. The molecule has 0 fully saturated rings. The highest BCUT2D eigenvalue weighted by Gasteiger charge is 2.22. The maximum Gasteiger partial charge on any atom is 0.253 e. The highest BCUT2D eigenvalue weighted by molar-refractivity contribution is 5.94. The molecule has 0 bridgehead atoms. The lowest BCUT2D eigenvalue weighted by Gasteiger charge is -2.19. The second kappa shape index (κ2) is 6.95. The molecule has 1 amide bonds. The van der Waals surface area contributed by atoms with Gasteiger partial charge in [0.25, 0.3) is 5.91 Å². The zero-order valence-electron chi connectivity index (χ0n) is 13.5. The number of rotatable bonds is 5. The quantitative estimate of drug-likeness (QED) is 0.783. The summed E-state index contributed by atoms with van der Waals surface area (Å²) in [6.45, 7) is 0. The molecule has 6 heteroatoms. The van der Waals surface area contributed by atoms with Crippen LogP contribution in [0.25, 0.3) is 0 Å². The van der Waals surface area contributed by atoms with Gasteiger partial charge >= 0.3 is 0 Å². The van der Waals surface area contributed by atoms with Crippen molar-refractivity contribution in [3.05, 3.63) is 78.1 Å². The van der Waals surface area contributed by atoms with Crippen molar-refractivity contribution in [2.75, 3.05) is 7.11 Å². The number of hydrogen-bond acceptors (Lipinski definition) is 4. The molecular formula is C18H18N4O2. The third-order valence-corrected chi connectivity index (χ3v) is 3.74. The van der Waals surface area contributed by atoms with Crippen LogP contribution in [-0.2, 0) is 7.05 Å². The highest BCUT2D eigenvalue weighted by atomic mass is 16.5. The molecule has 6 nitrogen and oxygen atoms in total. The summed E-state index contributed by atoms with van der Waals surface area (Å²) in [5.74, 6) is 1.25. The van der Waals surface area contributed by atoms with Gasteiger partial charge in [0.15, 0.2) is 0 Å². The molecule has 122 valence electrons. The molecule has 1 N–H and O–H groups in total. The van der Waals surface area contributed by atoms with E-state index < -0.39 is 6.04 Å². The third-order valence-electron chi connectivity index (χ3n) is 3.74. The highest BCUT2D eigenvalue weighted by Crippen LogP contribution is 2.24. The van der Waals surface area contributed by atoms with Crippen LogP contribution in [0.5, 0.6) is 5.75 Å². The van der Waals surface area contributed by atoms with Crippen molar-refractivity contribution in [1.29, 1.82) is 0 Å². The molecule has 0 aliphatic carbocycles. The molecule has 1 aromatic carbocycles. The normalized spacial score (nSPS) is 11.8. The number of hydrogen-bond donors (Lipinski definition) is 1. The summed E-state index contributed by atoms with van der Waals surface area (Å²) in [6, 6.07) is 10.6. The maximum atomic E-state index is 12.6. The Balaban J connectivity index is 1.96. The fraction of sp³-hybridized carbons (Fsp3) is 0.167. The van der Waals surface area contributed by atoms with Gasteiger partial charge in [-0.3, -0.25) is 9.78 Å². The number of carbonyl (C=O) groups excluding carboxylic acids is 1. The Morgan fingerprint density at radius 2 is 2.12 bits per heavy atom. The summed E-state index contributed by atoms with van der Waals surface area (Å²) in [5, 5.41) is 3.03. The van der Waals surface area contributed by atoms with Crippen LogP contribution in [0.1, 0.15) is 27.8 Å². The molecule has 0 spiro atoms. The molecule has 0 saturated carbocycles. The van der Waals surface area contributed by atoms with Crippen LogP contribution >= 0.6 is 0 Å². The lowest BCUT2D eigenvalue weighted by Crippen LogP contribution is -2.31. The second-order valence-corrected chi connectivity index (χ2v) is 5.32. The van der Waals surface area contributed by atoms with Crippen molar-refractivity contribution in [2.45, 2.75) is 6.04 Å². The Morgan fingerprint density at radius 1 is 1.25 bits per heavy atom. The number of aryl methyl sites for hydroxylation is 1. The molecule has 3 rings (SSSR count). The van der Waals surface area contributed by atoms with E-state index in [1.165, 1.54) is 6.20 Å². The minimum absolute atomic E-state index is 0.209. The first-order valence-electron chi connectivity index (χ1n) is 7.51. The first-order valence-corrected chi connectivity index (χ1v) is 7.51. The lowest BCUT2D eigenvalue weighted by molar-refractivity contribution is 0.0940. The molecule has 0 aliphatic rings. The van der Waals surface area contributed by atoms with Crippen molar-refractivity contribution in [3.63, 3.8) is 0 Å². The Hall–Kier alpha value is -3.15. The largest absolute Gasteiger partial charge is 0.497 e. The Bertz CT molecular complexity index is 830. The summed E-state index contributed by atoms with van der Waals surface area (Å²) in [7, 11) is 3.51. The first kappa shape index (κ1) is 15.7. The zero-order chi connectivity index (χ0) is 16.9. The van der Waals surface area contributed by atoms with E-state index in [2.05, 4.69) is 15.3 Å². The number of nitrogens with one attached hydrogen (secondary N) is 1. The van der Waals surface area contributed by atoms with E-state index in [-0.39, 0.29) is 5.91 Å². The molecule has 24 heavy (non-hydrogen) atoms. The van der Waals surface area contributed by atoms with Gasteiger partial charge < -0.3 is 14.6 Å². The number of benzene rings is 1. The third kappa shape index (κ3) is 3.27. The molecule has 1 atom stereocenters. The van der Waals surface area contributed by atoms with Gasteiger partial charge in [-0.1, -0.05) is 12.1 Å². The Kier molecular flexibility index (Phi) is 4.56. The lowest BCUT2D eigenvalue weighted by atomic mass is 10.0. The number of pyridine rings is 1. The van der Waals surface area contributed by atoms with E-state index >= 15 is 0 Å². The van der Waals surface area contributed by atoms with Crippen molar-refractivity contribution < 1.29 is 9.53 Å². The number of ether oxygens (including phenoxy) is 1. The van der Waals surface area contributed by atoms with Gasteiger partial charge in [0, 0.05) is 31.8 Å². The minimum atomic E-state index is -0.396. The number of aromatic nitrogens is 3. The Morgan fingerprint density at radius 3 is 2.79 bits per heavy atom. The topological polar surface area (TPSA) is 69.0 Å². The zero-order valence-corrected chi connectivity index (χ0v) is 13.5. The Labute approximate surface area is 140 Å². The van der Waals surface area contributed by atoms with Crippen molar-refractivity contribution >= 4 is 5.91 Å². The standard InChI is InChI=1S/C18H18N4O2/c1-22-10-9-20-17(22)16(13-5-3-7-15(11-13)24-2)21-18(23)14-6-4-8-19-12-14/h3-12,16H,1-2H3,(H,21,23). The predicted octanol–water partition coefficient (Wildman–Crippen LogP) is 2.34. The monoisotopic (exact) mass is 322 g/mol. The summed E-state index contributed by atoms with van der Waals surface area (Å²) < 4.78 is 7.17. The van der Waals surface area contributed by atoms with E-state index in [0.29, 0.717) is 5.56 Å². The number of carbonyl (C=O) groups is 1. The summed E-state index contributed by atoms with van der Waals surface area (Å²) in [5.41, 5.74) is 1.39. The van der Waals surface area contributed by atoms with E-state index in [1.54, 1.807) is 31.6 Å². The van der Waals surface area contributed by atoms with Gasteiger partial charge in [0.2, 0.25) is 0 Å². The number of methoxy groups -OCH3 is 1. The van der Waals surface area contributed by atoms with E-state index in [9.17, 15) is 4.79 Å². The van der Waals surface area contributed by atoms with Gasteiger partial charge in [0.1, 0.15) is 17.6 Å². The molecule has 2 heterocycles. The van der Waals surface area contributed by atoms with E-state index in [4.69, 9.17) is 4.74 Å². The van der Waals surface area contributed by atoms with Crippen LogP contribution in [0.15, 0.2) is 61.2 Å². The molecule has 0 aliphatic heterocycles. The predicted molar refractivity (Wildman–Crippen MR) is 89.7 cm³/mol. The molecule has 0 saturated heterocycles. The smallest absolute Gasteiger partial charge is 0.253 e. The van der Waals surface area contributed by atoms with Gasteiger partial charge in [-0.25, -0.2) is 4.98 Å². The van der Waals surface area contributed by atoms with Crippen LogP contribution in [0, 0.1) is 0 Å². The van der Waals surface area contributed by atoms with Crippen LogP contribution in [0.3, 0.4) is 0 Å². The SMILES string of the molecule is COc1cccc(C(NC(=O)c2cccnc2)c2nccn2C)c1. The van der Waals surface area contributed by atoms with Crippen LogP contribution in [-0.4, -0.2) is 27.6 Å². The van der Waals surface area contributed by atoms with Crippen LogP contribution < -0.4 is 10.1 Å². The van der Waals surface area contributed by atoms with Gasteiger partial charge in [0.05, 0.1) is 12.7 Å². The van der Waals surface area contributed by atoms with E-state index in [1.807, 2.05) is 42.1 Å². The first-order chi connectivity index (χ1) is 11.7. The van der Waals surface area contributed by atoms with Gasteiger partial charge in [-0.05, 0) is 29.8 Å². The molecular weight excluding hydrogens is 304 g/mol. The van der Waals surface area contributed by atoms with Crippen molar-refractivity contribution in [3.8, 4) is 5.75 Å². The van der Waals surface area contributed by atoms with Crippen LogP contribution in [0.4, 0.5) is 0 Å². The average Bonchev–Trinajstić information content (AvgIpc) is 3.06. The molecule has 0 radical (unpaired) electrons. The fourth-order valence-electron chi connectivity index (χ4n) is 2.48. The molecule has 2 aromatic heterocycles. The fourth-order valence-corrected chi connectivity index (χ4v) is 2.48. The number of amides is 1. The van der Waals surface area contributed by atoms with Crippen LogP contribution in [0.2, 0.25) is 0 Å². The summed E-state index contributed by atoms with van der Waals surface area (Å²) >= 11 is 0. The van der Waals surface area contributed by atoms with E-state index in [0.717, 1.165) is 17.1 Å². The summed E-state index contributed by atoms with van der Waals surface area (Å²) in [6.07, 6.45) is 6.73. The second-order valence-electron chi connectivity index (χ2n) is 5.32. The maximum absolute atomic E-state index is 12.6. The van der Waals surface area contributed by atoms with Crippen molar-refractivity contribution in [1.82, 2.24) is 19.9 Å². The average molecular weight is 322 g/mol. The summed E-state index contributed by atoms with van der Waals surface area (Å²) in [4.78, 5) is 20.9.